The molecule has 1 N–H and O–H groups in total. The Kier molecular flexibility index (Phi) is 7.35. The molecule has 0 aromatic heterocycles. The molecule has 25 heavy (non-hydrogen) atoms. The number of esters is 1. The number of rotatable bonds is 8. The average Bonchev–Trinajstić information content (AvgIpc) is 2.65. The van der Waals surface area contributed by atoms with Crippen molar-refractivity contribution in [1.29, 1.82) is 0 Å². The van der Waals surface area contributed by atoms with E-state index in [1.807, 2.05) is 61.5 Å². The molecule has 6 heteroatoms. The van der Waals surface area contributed by atoms with E-state index in [1.54, 1.807) is 7.11 Å². The van der Waals surface area contributed by atoms with Crippen LogP contribution in [0.1, 0.15) is 18.5 Å². The van der Waals surface area contributed by atoms with Gasteiger partial charge < -0.3 is 14.8 Å². The summed E-state index contributed by atoms with van der Waals surface area (Å²) < 4.78 is 10.1. The first kappa shape index (κ1) is 18.9. The van der Waals surface area contributed by atoms with Gasteiger partial charge in [-0.05, 0) is 36.8 Å². The molecule has 0 radical (unpaired) electrons. The molecule has 0 fully saturated rings. The molecule has 2 aromatic rings. The van der Waals surface area contributed by atoms with Crippen molar-refractivity contribution in [3.63, 3.8) is 0 Å². The molecule has 0 heterocycles. The average molecular weight is 359 g/mol. The number of hydrogen-bond acceptors (Lipinski definition) is 5. The van der Waals surface area contributed by atoms with Gasteiger partial charge in [0.25, 0.3) is 5.91 Å². The smallest absolute Gasteiger partial charge is 0.316 e. The number of hydrogen-bond donors (Lipinski definition) is 1. The van der Waals surface area contributed by atoms with E-state index in [0.29, 0.717) is 0 Å². The van der Waals surface area contributed by atoms with Crippen LogP contribution >= 0.6 is 11.8 Å². The second-order valence-electron chi connectivity index (χ2n) is 5.32. The molecule has 5 nitrogen and oxygen atoms in total. The summed E-state index contributed by atoms with van der Waals surface area (Å²) in [7, 11) is 1.60. The molecule has 0 aliphatic rings. The summed E-state index contributed by atoms with van der Waals surface area (Å²) in [5.74, 6) is 0.159. The number of amides is 1. The maximum Gasteiger partial charge on any atom is 0.316 e. The molecule has 132 valence electrons. The lowest BCUT2D eigenvalue weighted by Gasteiger charge is -2.14. The van der Waals surface area contributed by atoms with Gasteiger partial charge in [0.2, 0.25) is 0 Å². The van der Waals surface area contributed by atoms with E-state index in [4.69, 9.17) is 9.47 Å². The number of benzene rings is 2. The maximum atomic E-state index is 11.9. The second-order valence-corrected chi connectivity index (χ2v) is 6.37. The molecule has 1 atom stereocenters. The highest BCUT2D eigenvalue weighted by Crippen LogP contribution is 2.21. The number of carbonyl (C=O) groups excluding carboxylic acids is 2. The van der Waals surface area contributed by atoms with Crippen molar-refractivity contribution in [3.05, 3.63) is 60.2 Å². The van der Waals surface area contributed by atoms with Crippen molar-refractivity contribution in [2.24, 2.45) is 0 Å². The monoisotopic (exact) mass is 359 g/mol. The zero-order valence-corrected chi connectivity index (χ0v) is 15.0. The van der Waals surface area contributed by atoms with E-state index < -0.39 is 5.97 Å². The van der Waals surface area contributed by atoms with Crippen molar-refractivity contribution >= 4 is 23.6 Å². The Morgan fingerprint density at radius 3 is 2.40 bits per heavy atom. The lowest BCUT2D eigenvalue weighted by atomic mass is 10.1. The molecule has 2 rings (SSSR count). The molecular formula is C19H21NO4S. The topological polar surface area (TPSA) is 64.6 Å². The summed E-state index contributed by atoms with van der Waals surface area (Å²) in [6.07, 6.45) is 0. The van der Waals surface area contributed by atoms with E-state index in [0.717, 1.165) is 16.2 Å². The summed E-state index contributed by atoms with van der Waals surface area (Å²) in [6.45, 7) is 1.60. The summed E-state index contributed by atoms with van der Waals surface area (Å²) in [5.41, 5.74) is 0.997. The van der Waals surface area contributed by atoms with Crippen molar-refractivity contribution in [1.82, 2.24) is 5.32 Å². The first-order valence-corrected chi connectivity index (χ1v) is 8.84. The van der Waals surface area contributed by atoms with Gasteiger partial charge in [-0.15, -0.1) is 11.8 Å². The van der Waals surface area contributed by atoms with E-state index >= 15 is 0 Å². The Bertz CT molecular complexity index is 688. The van der Waals surface area contributed by atoms with E-state index in [-0.39, 0.29) is 24.3 Å². The molecule has 0 aliphatic heterocycles. The van der Waals surface area contributed by atoms with Crippen LogP contribution in [0.5, 0.6) is 5.75 Å². The van der Waals surface area contributed by atoms with Crippen LogP contribution in [0.3, 0.4) is 0 Å². The molecule has 2 aromatic carbocycles. The predicted molar refractivity (Wildman–Crippen MR) is 97.7 cm³/mol. The fourth-order valence-electron chi connectivity index (χ4n) is 2.11. The highest BCUT2D eigenvalue weighted by atomic mass is 32.2. The van der Waals surface area contributed by atoms with Crippen molar-refractivity contribution in [2.45, 2.75) is 17.9 Å². The SMILES string of the molecule is COc1ccc(SCC(=O)OCC(=O)N[C@@H](C)c2ccccc2)cc1. The minimum absolute atomic E-state index is 0.138. The minimum Gasteiger partial charge on any atom is -0.497 e. The molecule has 0 saturated carbocycles. The Morgan fingerprint density at radius 1 is 1.08 bits per heavy atom. The minimum atomic E-state index is -0.427. The van der Waals surface area contributed by atoms with E-state index in [9.17, 15) is 9.59 Å². The Morgan fingerprint density at radius 2 is 1.76 bits per heavy atom. The zero-order valence-electron chi connectivity index (χ0n) is 14.2. The molecule has 0 unspecified atom stereocenters. The fraction of sp³-hybridized carbons (Fsp3) is 0.263. The van der Waals surface area contributed by atoms with Gasteiger partial charge in [-0.2, -0.15) is 0 Å². The molecule has 0 aliphatic carbocycles. The Labute approximate surface area is 151 Å². The largest absolute Gasteiger partial charge is 0.497 e. The molecule has 1 amide bonds. The number of methoxy groups -OCH3 is 1. The standard InChI is InChI=1S/C19H21NO4S/c1-14(15-6-4-3-5-7-15)20-18(21)12-24-19(22)13-25-17-10-8-16(23-2)9-11-17/h3-11,14H,12-13H2,1-2H3,(H,20,21)/t14-/m0/s1. The van der Waals surface area contributed by atoms with E-state index in [1.165, 1.54) is 11.8 Å². The quantitative estimate of drug-likeness (QED) is 0.579. The van der Waals surface area contributed by atoms with Crippen LogP contribution in [0.25, 0.3) is 0 Å². The number of carbonyl (C=O) groups is 2. The summed E-state index contributed by atoms with van der Waals surface area (Å²) >= 11 is 1.35. The van der Waals surface area contributed by atoms with Crippen LogP contribution in [0.4, 0.5) is 0 Å². The lowest BCUT2D eigenvalue weighted by molar-refractivity contribution is -0.146. The van der Waals surface area contributed by atoms with Crippen molar-refractivity contribution < 1.29 is 19.1 Å². The number of thioether (sulfide) groups is 1. The third-order valence-electron chi connectivity index (χ3n) is 3.46. The maximum absolute atomic E-state index is 11.9. The van der Waals surface area contributed by atoms with Crippen LogP contribution in [0.2, 0.25) is 0 Å². The van der Waals surface area contributed by atoms with Gasteiger partial charge in [-0.1, -0.05) is 30.3 Å². The van der Waals surface area contributed by atoms with Crippen LogP contribution < -0.4 is 10.1 Å². The Balaban J connectivity index is 1.69. The van der Waals surface area contributed by atoms with Crippen molar-refractivity contribution in [2.75, 3.05) is 19.5 Å². The van der Waals surface area contributed by atoms with Gasteiger partial charge in [-0.25, -0.2) is 0 Å². The highest BCUT2D eigenvalue weighted by Gasteiger charge is 2.12. The number of ether oxygens (including phenoxy) is 2. The predicted octanol–water partition coefficient (Wildman–Crippen LogP) is 3.21. The van der Waals surface area contributed by atoms with Gasteiger partial charge in [0.1, 0.15) is 5.75 Å². The summed E-state index contributed by atoms with van der Waals surface area (Å²) in [5, 5.41) is 2.80. The summed E-state index contributed by atoms with van der Waals surface area (Å²) in [4.78, 5) is 24.5. The van der Waals surface area contributed by atoms with Crippen LogP contribution in [0.15, 0.2) is 59.5 Å². The van der Waals surface area contributed by atoms with Gasteiger partial charge >= 0.3 is 5.97 Å². The number of nitrogens with one attached hydrogen (secondary N) is 1. The molecule has 0 bridgehead atoms. The first-order chi connectivity index (χ1) is 12.1. The lowest BCUT2D eigenvalue weighted by Crippen LogP contribution is -2.31. The van der Waals surface area contributed by atoms with E-state index in [2.05, 4.69) is 5.32 Å². The molecule has 0 spiro atoms. The first-order valence-electron chi connectivity index (χ1n) is 7.85. The third-order valence-corrected chi connectivity index (χ3v) is 4.44. The second kappa shape index (κ2) is 9.74. The van der Waals surface area contributed by atoms with Crippen molar-refractivity contribution in [3.8, 4) is 5.75 Å². The fourth-order valence-corrected chi connectivity index (χ4v) is 2.81. The highest BCUT2D eigenvalue weighted by molar-refractivity contribution is 8.00. The van der Waals surface area contributed by atoms with Crippen LogP contribution in [0, 0.1) is 0 Å². The third kappa shape index (κ3) is 6.51. The van der Waals surface area contributed by atoms with Crippen LogP contribution in [-0.4, -0.2) is 31.3 Å². The van der Waals surface area contributed by atoms with Gasteiger partial charge in [0.05, 0.1) is 18.9 Å². The van der Waals surface area contributed by atoms with Crippen LogP contribution in [-0.2, 0) is 14.3 Å². The molecule has 0 saturated heterocycles. The molecular weight excluding hydrogens is 338 g/mol. The Hall–Kier alpha value is -2.47. The summed E-state index contributed by atoms with van der Waals surface area (Å²) in [6, 6.07) is 16.9. The van der Waals surface area contributed by atoms with Gasteiger partial charge in [-0.3, -0.25) is 9.59 Å². The zero-order chi connectivity index (χ0) is 18.1. The van der Waals surface area contributed by atoms with Gasteiger partial charge in [0, 0.05) is 4.90 Å². The van der Waals surface area contributed by atoms with Gasteiger partial charge in [0.15, 0.2) is 6.61 Å². The normalized spacial score (nSPS) is 11.4.